The molecule has 0 bridgehead atoms. The summed E-state index contributed by atoms with van der Waals surface area (Å²) in [5, 5.41) is 30.6. The summed E-state index contributed by atoms with van der Waals surface area (Å²) >= 11 is 42.8. The van der Waals surface area contributed by atoms with Gasteiger partial charge in [-0.1, -0.05) is 33.5 Å². The van der Waals surface area contributed by atoms with Crippen LogP contribution in [0, 0.1) is 0 Å². The maximum atomic E-state index is 10.8. The molecule has 0 aromatic heterocycles. The highest BCUT2D eigenvalue weighted by molar-refractivity contribution is 8.03. The third-order valence-electron chi connectivity index (χ3n) is 16.6. The molecule has 29 nitrogen and oxygen atoms in total. The van der Waals surface area contributed by atoms with Gasteiger partial charge in [-0.15, -0.1) is 35.7 Å². The zero-order valence-corrected chi connectivity index (χ0v) is 85.7. The third kappa shape index (κ3) is 38.3. The molecule has 0 aliphatic carbocycles. The lowest BCUT2D eigenvalue weighted by atomic mass is 10.2. The Hall–Kier alpha value is -11.7. The second-order valence-electron chi connectivity index (χ2n) is 26.0. The largest absolute Gasteiger partial charge is 0.540 e. The molecule has 0 amide bonds. The predicted molar refractivity (Wildman–Crippen MR) is 559 cm³/mol. The summed E-state index contributed by atoms with van der Waals surface area (Å²) in [5.41, 5.74) is 8.58. The van der Waals surface area contributed by atoms with Gasteiger partial charge in [0.25, 0.3) is 0 Å². The Kier molecular flexibility index (Phi) is 46.1. The molecule has 0 N–H and O–H groups in total. The van der Waals surface area contributed by atoms with Crippen molar-refractivity contribution in [2.75, 3.05) is 70.7 Å². The molecule has 11 rings (SSSR count). The Morgan fingerprint density at radius 3 is 0.455 bits per heavy atom. The molecule has 0 heterocycles. The summed E-state index contributed by atoms with van der Waals surface area (Å²) in [6.45, 7) is 0. The molecule has 11 aromatic carbocycles. The molecule has 7 atom stereocenters. The van der Waals surface area contributed by atoms with Crippen molar-refractivity contribution in [1.82, 2.24) is 33.5 Å². The molecule has 0 saturated heterocycles. The molecule has 0 aliphatic heterocycles. The topological polar surface area (TPSA) is 279 Å². The molecule has 0 aliphatic rings. The van der Waals surface area contributed by atoms with E-state index < -0.39 is 49.5 Å². The van der Waals surface area contributed by atoms with Crippen molar-refractivity contribution in [3.63, 3.8) is 0 Å². The minimum absolute atomic E-state index is 0.443. The molecule has 0 saturated carbocycles. The van der Waals surface area contributed by atoms with Crippen molar-refractivity contribution in [3.8, 4) is 63.2 Å². The molecule has 11 aromatic rings. The lowest BCUT2D eigenvalue weighted by Gasteiger charge is -2.04. The Morgan fingerprint density at radius 2 is 0.333 bits per heavy atom. The van der Waals surface area contributed by atoms with Crippen LogP contribution in [0.4, 0.5) is 0 Å². The van der Waals surface area contributed by atoms with E-state index in [1.165, 1.54) is 0 Å². The first-order chi connectivity index (χ1) is 63.7. The van der Waals surface area contributed by atoms with E-state index in [-0.39, 0.29) is 0 Å². The first-order valence-electron chi connectivity index (χ1n) is 38.3. The fraction of sp³-hybridized carbons (Fsp3) is 0.115. The van der Waals surface area contributed by atoms with Crippen LogP contribution >= 0.6 is 57.1 Å². The molecule has 674 valence electrons. The van der Waals surface area contributed by atoms with Gasteiger partial charge in [-0.25, -0.2) is 0 Å². The van der Waals surface area contributed by atoms with Gasteiger partial charge < -0.3 is 18.7 Å². The molecule has 45 heteroatoms. The fourth-order valence-corrected chi connectivity index (χ4v) is 16.4. The van der Waals surface area contributed by atoms with E-state index in [0.29, 0.717) is 75.8 Å². The van der Waals surface area contributed by atoms with Crippen molar-refractivity contribution in [2.24, 2.45) is 35.7 Å². The summed E-state index contributed by atoms with van der Waals surface area (Å²) in [4.78, 5) is 42.8. The minimum Gasteiger partial charge on any atom is -0.497 e. The number of carbonyl (C=O) groups is 4. The lowest BCUT2D eigenvalue weighted by Crippen LogP contribution is -2.04. The highest BCUT2D eigenvalue weighted by Crippen LogP contribution is 2.38. The number of hydrazone groups is 7. The van der Waals surface area contributed by atoms with Crippen molar-refractivity contribution in [2.45, 2.75) is 0 Å². The Labute approximate surface area is 814 Å². The lowest BCUT2D eigenvalue weighted by molar-refractivity contribution is 0.111. The van der Waals surface area contributed by atoms with Gasteiger partial charge in [0.2, 0.25) is 90.2 Å². The monoisotopic (exact) mass is 2070 g/mol. The van der Waals surface area contributed by atoms with Crippen LogP contribution in [0.15, 0.2) is 303 Å². The van der Waals surface area contributed by atoms with E-state index in [2.05, 4.69) is 35.7 Å². The molecular weight excluding hydrogens is 1990 g/mol. The summed E-state index contributed by atoms with van der Waals surface area (Å²) in [7, 11) is 7.89. The first kappa shape index (κ1) is 106. The predicted octanol–water partition coefficient (Wildman–Crippen LogP) is 21.6. The van der Waals surface area contributed by atoms with E-state index in [9.17, 15) is 19.2 Å². The van der Waals surface area contributed by atoms with Crippen LogP contribution in [0.25, 0.3) is 0 Å². The summed E-state index contributed by atoms with van der Waals surface area (Å²) in [5.74, 6) is 7.34. The summed E-state index contributed by atoms with van der Waals surface area (Å²) < 4.78 is 72.4. The molecule has 7 unspecified atom stereocenters. The number of hydrogen-bond donors (Lipinski definition) is 0. The highest BCUT2D eigenvalue weighted by Gasteiger charge is 2.27. The van der Waals surface area contributed by atoms with Gasteiger partial charge in [0.05, 0.1) is 114 Å². The second-order valence-corrected chi connectivity index (χ2v) is 41.9. The van der Waals surface area contributed by atoms with E-state index >= 15 is 0 Å². The number of nitrogens with zero attached hydrogens (tertiary/aromatic N) is 14. The second kappa shape index (κ2) is 57.6. The van der Waals surface area contributed by atoms with E-state index in [4.69, 9.17) is 145 Å². The van der Waals surface area contributed by atoms with Crippen LogP contribution in [0.1, 0.15) is 80.4 Å². The van der Waals surface area contributed by atoms with Gasteiger partial charge in [0.1, 0.15) is 48.1 Å². The van der Waals surface area contributed by atoms with Crippen LogP contribution in [-0.4, -0.2) is 173 Å². The number of rotatable bonds is 44. The van der Waals surface area contributed by atoms with Crippen molar-refractivity contribution in [3.05, 3.63) is 328 Å². The smallest absolute Gasteiger partial charge is 0.497 e. The summed E-state index contributed by atoms with van der Waals surface area (Å²) in [6, 6.07) is 79.3. The molecule has 0 spiro atoms. The fourth-order valence-electron chi connectivity index (χ4n) is 9.39. The van der Waals surface area contributed by atoms with E-state index in [1.807, 2.05) is 170 Å². The Bertz CT molecular complexity index is 5960. The average Bonchev–Trinajstić information content (AvgIpc) is 0.877. The molecular formula is C87H85N14O15P8S8+7. The first-order valence-corrected chi connectivity index (χ1v) is 55.7. The zero-order valence-electron chi connectivity index (χ0n) is 72.0. The number of hydrogen-bond acceptors (Lipinski definition) is 30. The van der Waals surface area contributed by atoms with Crippen LogP contribution in [-0.2, 0) is 94.5 Å². The van der Waals surface area contributed by atoms with Crippen LogP contribution < -0.4 is 50.4 Å². The van der Waals surface area contributed by atoms with Gasteiger partial charge in [-0.3, -0.25) is 50.8 Å². The normalized spacial score (nSPS) is 11.7. The standard InChI is InChI=1S/C32H32N6O5P3S3.C24H24N4O4P2S2.C16H16N2O3PS.C15H13N2O3P2S2/c1-36(33-21-25-5-13-29(40-4)14-6-25)44(47)41-30-15-7-26(8-16-30)22-34-37(2)45(48)42-31-17-9-27(10-18-31)23-35-38(3)46(49)43-32-19-11-28(24-39)12-20-32;1-27(25-16-19-4-10-22(30-3)11-5-19)33(35)31-23-12-6-20(7-13-23)17-26-28(2)34(36)32-24-14-8-21(18-29)9-15-24;1-18(17-11-13-3-7-15(20-2)8-4-13)22(23)21-16-9-5-14(12-19)6-10-16;1-17(16-10-12-2-6-14(7-3-12)19-21-23)22(24)20-15-8-4-13(11-18)5-9-15/h5-24H,1-4H3;4-18H,1-3H3;3-12H,1-2H3;2-11H,1H3/q+3;+2;2*+1/b33-21+,34-22+,35-23+;25-16+,26-17+;17-11+;16-10+. The van der Waals surface area contributed by atoms with E-state index in [0.717, 1.165) is 81.3 Å². The quantitative estimate of drug-likeness (QED) is 0.0148. The maximum Gasteiger partial charge on any atom is 0.540 e. The number of benzene rings is 11. The Morgan fingerprint density at radius 1 is 0.212 bits per heavy atom. The van der Waals surface area contributed by atoms with Gasteiger partial charge in [0, 0.05) is 22.3 Å². The number of methoxy groups -OCH3 is 3. The van der Waals surface area contributed by atoms with Gasteiger partial charge in [0.15, 0.2) is 40.2 Å². The van der Waals surface area contributed by atoms with Gasteiger partial charge in [-0.2, -0.15) is 0 Å². The zero-order chi connectivity index (χ0) is 95.1. The third-order valence-corrected chi connectivity index (χ3v) is 30.3. The number of ether oxygens (including phenoxy) is 3. The van der Waals surface area contributed by atoms with Crippen molar-refractivity contribution < 1.29 is 69.6 Å². The molecule has 0 radical (unpaired) electrons. The maximum absolute atomic E-state index is 10.8. The number of carbonyl (C=O) groups excluding carboxylic acids is 4. The highest BCUT2D eigenvalue weighted by atomic mass is 32.5. The van der Waals surface area contributed by atoms with Crippen LogP contribution in [0.3, 0.4) is 0 Å². The summed E-state index contributed by atoms with van der Waals surface area (Å²) in [6.07, 6.45) is 15.0. The van der Waals surface area contributed by atoms with Gasteiger partial charge in [-0.05, 0) is 318 Å². The number of aldehydes is 4. The van der Waals surface area contributed by atoms with Crippen LogP contribution in [0.2, 0.25) is 0 Å². The van der Waals surface area contributed by atoms with Crippen molar-refractivity contribution >= 4 is 220 Å². The average molecular weight is 2070 g/mol. The van der Waals surface area contributed by atoms with Gasteiger partial charge >= 0.3 is 49.5 Å². The molecule has 0 fully saturated rings. The SMILES string of the molecule is CN(/N=C/c1ccc(OP=S)cc1)[P+](=S)Oc1ccc(C=O)cc1.COc1ccc(/C=N/N(C)[P+](=S)Oc2ccc(/C=N/N(C)[P+](=S)Oc3ccc(/C=N/N(C)[P+](=S)Oc4ccc(C=O)cc4)cc3)cc2)cc1.COc1ccc(/C=N/N(C)[P+](=S)Oc2ccc(/C=N/N(C)[P+](=S)Oc3ccc(C=O)cc3)cc2)cc1.COc1ccc(/C=N/N(C)[P+](=S)Oc2ccc(C=O)cc2)cc1. The van der Waals surface area contributed by atoms with E-state index in [1.54, 1.807) is 245 Å². The Balaban J connectivity index is 0.000000228. The van der Waals surface area contributed by atoms with Crippen molar-refractivity contribution in [1.29, 1.82) is 0 Å². The van der Waals surface area contributed by atoms with Crippen LogP contribution in [0.5, 0.6) is 63.2 Å². The minimum atomic E-state index is -1.46. The molecule has 132 heavy (non-hydrogen) atoms.